The van der Waals surface area contributed by atoms with Crippen LogP contribution < -0.4 is 0 Å². The number of likely N-dealkylation sites (tertiary alicyclic amines) is 1. The molecule has 3 saturated heterocycles. The van der Waals surface area contributed by atoms with E-state index in [2.05, 4.69) is 0 Å². The van der Waals surface area contributed by atoms with Gasteiger partial charge in [0.25, 0.3) is 0 Å². The molecule has 2 bridgehead atoms. The zero-order chi connectivity index (χ0) is 22.3. The highest BCUT2D eigenvalue weighted by Crippen LogP contribution is 2.53. The van der Waals surface area contributed by atoms with E-state index in [1.807, 2.05) is 0 Å². The molecule has 15 heteroatoms. The Balaban J connectivity index is 1.51. The van der Waals surface area contributed by atoms with Gasteiger partial charge in [0.15, 0.2) is 0 Å². The number of rotatable bonds is 9. The molecule has 0 aromatic heterocycles. The fraction of sp³-hybridized carbons (Fsp3) is 0.867. The van der Waals surface area contributed by atoms with E-state index in [9.17, 15) is 14.2 Å². The Kier molecular flexibility index (Phi) is 8.24. The molecule has 3 rings (SSSR count). The van der Waals surface area contributed by atoms with Crippen LogP contribution in [0.1, 0.15) is 19.3 Å². The van der Waals surface area contributed by atoms with Gasteiger partial charge in [-0.2, -0.15) is 0 Å². The second-order valence-electron chi connectivity index (χ2n) is 7.08. The SMILES string of the molecule is O=C1[C@@H]2[C@H](C(=O)N1CCCOP(=O)(OCC(Cl)(Cl)Cl)OCC(Cl)(Cl)Cl)[C@H]1CC[C@@H]2O1. The molecule has 172 valence electrons. The molecule has 3 aliphatic rings. The van der Waals surface area contributed by atoms with Gasteiger partial charge in [-0.25, -0.2) is 4.57 Å². The lowest BCUT2D eigenvalue weighted by Gasteiger charge is -2.22. The number of hydrogen-bond donors (Lipinski definition) is 0. The normalized spacial score (nSPS) is 29.2. The van der Waals surface area contributed by atoms with Crippen molar-refractivity contribution in [2.75, 3.05) is 26.4 Å². The Morgan fingerprint density at radius 2 is 1.37 bits per heavy atom. The second-order valence-corrected chi connectivity index (χ2v) is 13.8. The van der Waals surface area contributed by atoms with Crippen LogP contribution in [0.3, 0.4) is 0 Å². The van der Waals surface area contributed by atoms with Crippen LogP contribution in [-0.2, 0) is 32.5 Å². The van der Waals surface area contributed by atoms with Crippen molar-refractivity contribution in [2.45, 2.75) is 39.1 Å². The van der Waals surface area contributed by atoms with Gasteiger partial charge in [0, 0.05) is 6.54 Å². The van der Waals surface area contributed by atoms with Gasteiger partial charge in [0.05, 0.1) is 30.7 Å². The molecule has 3 fully saturated rings. The van der Waals surface area contributed by atoms with E-state index in [0.29, 0.717) is 0 Å². The molecule has 30 heavy (non-hydrogen) atoms. The van der Waals surface area contributed by atoms with Crippen molar-refractivity contribution in [3.05, 3.63) is 0 Å². The summed E-state index contributed by atoms with van der Waals surface area (Å²) in [5, 5.41) is 0. The first kappa shape index (κ1) is 25.6. The summed E-state index contributed by atoms with van der Waals surface area (Å²) in [5.41, 5.74) is 0. The molecule has 3 heterocycles. The number of carbonyl (C=O) groups excluding carboxylic acids is 2. The Hall–Kier alpha value is 0.950. The number of nitrogens with zero attached hydrogens (tertiary/aromatic N) is 1. The fourth-order valence-corrected chi connectivity index (χ4v) is 5.87. The first-order valence-corrected chi connectivity index (χ1v) is 12.7. The van der Waals surface area contributed by atoms with Crippen LogP contribution in [0.25, 0.3) is 0 Å². The molecule has 0 saturated carbocycles. The molecular weight excluding hydrogens is 550 g/mol. The largest absolute Gasteiger partial charge is 0.475 e. The number of imide groups is 1. The number of ether oxygens (including phenoxy) is 1. The van der Waals surface area contributed by atoms with Gasteiger partial charge in [-0.3, -0.25) is 28.1 Å². The molecule has 0 unspecified atom stereocenters. The lowest BCUT2D eigenvalue weighted by Crippen LogP contribution is -2.35. The average Bonchev–Trinajstić information content (AvgIpc) is 3.30. The summed E-state index contributed by atoms with van der Waals surface area (Å²) in [4.78, 5) is 26.4. The average molecular weight is 568 g/mol. The fourth-order valence-electron chi connectivity index (χ4n) is 3.81. The molecule has 3 aliphatic heterocycles. The lowest BCUT2D eigenvalue weighted by molar-refractivity contribution is -0.142. The Morgan fingerprint density at radius 1 is 0.900 bits per heavy atom. The van der Waals surface area contributed by atoms with Crippen LogP contribution >= 0.6 is 77.4 Å². The quantitative estimate of drug-likeness (QED) is 0.176. The predicted octanol–water partition coefficient (Wildman–Crippen LogP) is 4.44. The third kappa shape index (κ3) is 6.29. The first-order chi connectivity index (χ1) is 13.8. The number of amides is 2. The van der Waals surface area contributed by atoms with E-state index in [1.165, 1.54) is 4.90 Å². The minimum Gasteiger partial charge on any atom is -0.373 e. The van der Waals surface area contributed by atoms with Gasteiger partial charge in [0.2, 0.25) is 19.4 Å². The number of phosphoric acid groups is 1. The number of alkyl halides is 6. The summed E-state index contributed by atoms with van der Waals surface area (Å²) in [7, 11) is -4.25. The van der Waals surface area contributed by atoms with E-state index in [0.717, 1.165) is 12.8 Å². The molecule has 0 aliphatic carbocycles. The minimum atomic E-state index is -4.25. The zero-order valence-electron chi connectivity index (χ0n) is 15.3. The topological polar surface area (TPSA) is 91.4 Å². The molecule has 2 amide bonds. The molecule has 0 radical (unpaired) electrons. The van der Waals surface area contributed by atoms with Gasteiger partial charge in [0.1, 0.15) is 13.2 Å². The van der Waals surface area contributed by atoms with Crippen molar-refractivity contribution in [2.24, 2.45) is 11.8 Å². The Morgan fingerprint density at radius 3 is 1.80 bits per heavy atom. The molecule has 0 aromatic carbocycles. The van der Waals surface area contributed by atoms with Crippen LogP contribution in [-0.4, -0.2) is 62.9 Å². The molecule has 0 aromatic rings. The van der Waals surface area contributed by atoms with Gasteiger partial charge in [-0.15, -0.1) is 0 Å². The minimum absolute atomic E-state index is 0.0824. The maximum atomic E-state index is 12.7. The van der Waals surface area contributed by atoms with E-state index in [-0.39, 0.29) is 43.6 Å². The van der Waals surface area contributed by atoms with Gasteiger partial charge in [-0.1, -0.05) is 69.6 Å². The van der Waals surface area contributed by atoms with Crippen molar-refractivity contribution >= 4 is 89.2 Å². The highest BCUT2D eigenvalue weighted by atomic mass is 35.6. The number of phosphoric ester groups is 1. The van der Waals surface area contributed by atoms with Crippen molar-refractivity contribution < 1.29 is 32.5 Å². The maximum Gasteiger partial charge on any atom is 0.475 e. The van der Waals surface area contributed by atoms with Crippen LogP contribution in [0.2, 0.25) is 0 Å². The van der Waals surface area contributed by atoms with Crippen molar-refractivity contribution in [3.63, 3.8) is 0 Å². The number of hydrogen-bond acceptors (Lipinski definition) is 7. The molecular formula is C15H18Cl6NO7P. The van der Waals surface area contributed by atoms with Crippen LogP contribution in [0.5, 0.6) is 0 Å². The number of carbonyl (C=O) groups is 2. The molecule has 8 nitrogen and oxygen atoms in total. The lowest BCUT2D eigenvalue weighted by atomic mass is 9.81. The predicted molar refractivity (Wildman–Crippen MR) is 112 cm³/mol. The monoisotopic (exact) mass is 565 g/mol. The van der Waals surface area contributed by atoms with Crippen molar-refractivity contribution in [1.29, 1.82) is 0 Å². The maximum absolute atomic E-state index is 12.7. The summed E-state index contributed by atoms with van der Waals surface area (Å²) < 4.78 is 29.8. The molecule has 0 N–H and O–H groups in total. The summed E-state index contributed by atoms with van der Waals surface area (Å²) in [6.45, 7) is -1.32. The van der Waals surface area contributed by atoms with Crippen LogP contribution in [0.15, 0.2) is 0 Å². The Labute approximate surface area is 203 Å². The molecule has 0 spiro atoms. The van der Waals surface area contributed by atoms with Gasteiger partial charge < -0.3 is 4.74 Å². The number of fused-ring (bicyclic) bond motifs is 5. The van der Waals surface area contributed by atoms with Gasteiger partial charge >= 0.3 is 7.82 Å². The smallest absolute Gasteiger partial charge is 0.373 e. The van der Waals surface area contributed by atoms with E-state index in [4.69, 9.17) is 87.9 Å². The highest BCUT2D eigenvalue weighted by Gasteiger charge is 2.62. The first-order valence-electron chi connectivity index (χ1n) is 8.97. The summed E-state index contributed by atoms with van der Waals surface area (Å²) in [6.07, 6.45) is 1.36. The van der Waals surface area contributed by atoms with Crippen LogP contribution in [0.4, 0.5) is 0 Å². The van der Waals surface area contributed by atoms with Crippen molar-refractivity contribution in [1.82, 2.24) is 4.90 Å². The number of halogens is 6. The third-order valence-corrected chi connectivity index (χ3v) is 6.97. The second kappa shape index (κ2) is 9.67. The van der Waals surface area contributed by atoms with Crippen molar-refractivity contribution in [3.8, 4) is 0 Å². The zero-order valence-corrected chi connectivity index (χ0v) is 20.7. The van der Waals surface area contributed by atoms with E-state index < -0.39 is 40.5 Å². The summed E-state index contributed by atoms with van der Waals surface area (Å²) in [5.74, 6) is -1.33. The van der Waals surface area contributed by atoms with E-state index >= 15 is 0 Å². The Bertz CT molecular complexity index is 679. The molecule has 4 atom stereocenters. The third-order valence-electron chi connectivity index (χ3n) is 4.92. The summed E-state index contributed by atoms with van der Waals surface area (Å²) >= 11 is 33.5. The van der Waals surface area contributed by atoms with Gasteiger partial charge in [-0.05, 0) is 19.3 Å². The summed E-state index contributed by atoms with van der Waals surface area (Å²) in [6, 6.07) is 0. The standard InChI is InChI=1S/C15H18Cl6NO7P/c16-14(17,18)6-27-30(25,28-7-15(19,20)21)26-5-1-4-22-12(23)10-8-2-3-9(29-8)11(10)13(22)24/h8-11H,1-7H2/t8-,9+,10-,11+. The highest BCUT2D eigenvalue weighted by molar-refractivity contribution is 7.48. The van der Waals surface area contributed by atoms with Crippen LogP contribution in [0, 0.1) is 11.8 Å². The van der Waals surface area contributed by atoms with E-state index in [1.54, 1.807) is 0 Å².